The minimum atomic E-state index is -0.696. The Bertz CT molecular complexity index is 727. The number of amides is 3. The highest BCUT2D eigenvalue weighted by molar-refractivity contribution is 5.96. The van der Waals surface area contributed by atoms with Crippen molar-refractivity contribution in [3.8, 4) is 0 Å². The van der Waals surface area contributed by atoms with Gasteiger partial charge in [-0.3, -0.25) is 14.8 Å². The monoisotopic (exact) mass is 344 g/mol. The van der Waals surface area contributed by atoms with Gasteiger partial charge in [-0.2, -0.15) is 5.10 Å². The Kier molecular flexibility index (Phi) is 6.70. The van der Waals surface area contributed by atoms with E-state index in [0.717, 1.165) is 12.0 Å². The summed E-state index contributed by atoms with van der Waals surface area (Å²) in [6, 6.07) is 9.05. The van der Waals surface area contributed by atoms with E-state index in [1.807, 2.05) is 37.3 Å². The average molecular weight is 344 g/mol. The van der Waals surface area contributed by atoms with Crippen molar-refractivity contribution in [1.29, 1.82) is 0 Å². The molecule has 0 aliphatic rings. The summed E-state index contributed by atoms with van der Waals surface area (Å²) in [6.07, 6.45) is 3.67. The second-order valence-electron chi connectivity index (χ2n) is 5.29. The molecule has 0 bridgehead atoms. The lowest BCUT2D eigenvalue weighted by molar-refractivity contribution is -0.123. The summed E-state index contributed by atoms with van der Waals surface area (Å²) in [7, 11) is 0. The molecule has 2 N–H and O–H groups in total. The van der Waals surface area contributed by atoms with Crippen LogP contribution in [0.4, 0.5) is 4.79 Å². The molecule has 132 valence electrons. The molecule has 0 spiro atoms. The standard InChI is InChI=1S/C17H20N4O4/c1-2-8-18-17(24)20-15(22)12-25-16(23)14-9-19-21(11-14)10-13-6-4-3-5-7-13/h3-7,9,11H,2,8,10,12H2,1H3,(H2,18,20,22,24). The van der Waals surface area contributed by atoms with E-state index in [-0.39, 0.29) is 5.56 Å². The Hall–Kier alpha value is -3.16. The molecule has 2 rings (SSSR count). The molecule has 0 saturated carbocycles. The quantitative estimate of drug-likeness (QED) is 0.738. The number of nitrogens with zero attached hydrogens (tertiary/aromatic N) is 2. The molecule has 8 heteroatoms. The molecule has 0 aliphatic carbocycles. The van der Waals surface area contributed by atoms with Crippen molar-refractivity contribution in [2.75, 3.05) is 13.2 Å². The predicted octanol–water partition coefficient (Wildman–Crippen LogP) is 1.32. The zero-order valence-corrected chi connectivity index (χ0v) is 13.9. The number of carbonyl (C=O) groups excluding carboxylic acids is 3. The van der Waals surface area contributed by atoms with Crippen LogP contribution in [0.3, 0.4) is 0 Å². The van der Waals surface area contributed by atoms with E-state index in [4.69, 9.17) is 4.74 Å². The van der Waals surface area contributed by atoms with Crippen molar-refractivity contribution in [2.24, 2.45) is 0 Å². The first kappa shape index (κ1) is 18.2. The molecule has 0 saturated heterocycles. The SMILES string of the molecule is CCCNC(=O)NC(=O)COC(=O)c1cnn(Cc2ccccc2)c1. The number of benzene rings is 1. The summed E-state index contributed by atoms with van der Waals surface area (Å²) < 4.78 is 6.48. The second kappa shape index (κ2) is 9.21. The molecule has 1 heterocycles. The first-order valence-corrected chi connectivity index (χ1v) is 7.89. The number of hydrogen-bond donors (Lipinski definition) is 2. The molecular formula is C17H20N4O4. The Morgan fingerprint density at radius 3 is 2.68 bits per heavy atom. The highest BCUT2D eigenvalue weighted by atomic mass is 16.5. The van der Waals surface area contributed by atoms with Gasteiger partial charge in [-0.05, 0) is 12.0 Å². The summed E-state index contributed by atoms with van der Waals surface area (Å²) >= 11 is 0. The van der Waals surface area contributed by atoms with Crippen LogP contribution in [0.25, 0.3) is 0 Å². The molecule has 0 fully saturated rings. The van der Waals surface area contributed by atoms with Crippen LogP contribution < -0.4 is 10.6 Å². The summed E-state index contributed by atoms with van der Waals surface area (Å²) in [5.74, 6) is -1.37. The van der Waals surface area contributed by atoms with Crippen molar-refractivity contribution < 1.29 is 19.1 Å². The maximum Gasteiger partial charge on any atom is 0.341 e. The van der Waals surface area contributed by atoms with E-state index in [1.54, 1.807) is 10.9 Å². The van der Waals surface area contributed by atoms with Crippen molar-refractivity contribution in [1.82, 2.24) is 20.4 Å². The van der Waals surface area contributed by atoms with Gasteiger partial charge in [0.05, 0.1) is 18.3 Å². The molecule has 1 aromatic heterocycles. The van der Waals surface area contributed by atoms with Crippen LogP contribution in [0.5, 0.6) is 0 Å². The number of ether oxygens (including phenoxy) is 1. The van der Waals surface area contributed by atoms with Gasteiger partial charge in [0.25, 0.3) is 5.91 Å². The predicted molar refractivity (Wildman–Crippen MR) is 89.9 cm³/mol. The van der Waals surface area contributed by atoms with E-state index in [9.17, 15) is 14.4 Å². The third kappa shape index (κ3) is 6.09. The van der Waals surface area contributed by atoms with Crippen LogP contribution in [0, 0.1) is 0 Å². The number of urea groups is 1. The van der Waals surface area contributed by atoms with Gasteiger partial charge in [0, 0.05) is 12.7 Å². The lowest BCUT2D eigenvalue weighted by atomic mass is 10.2. The molecule has 0 atom stereocenters. The largest absolute Gasteiger partial charge is 0.452 e. The number of hydrogen-bond acceptors (Lipinski definition) is 5. The molecule has 0 aliphatic heterocycles. The summed E-state index contributed by atoms with van der Waals surface area (Å²) in [5, 5.41) is 8.65. The van der Waals surface area contributed by atoms with Gasteiger partial charge in [0.15, 0.2) is 6.61 Å². The Morgan fingerprint density at radius 2 is 1.96 bits per heavy atom. The Labute approximate surface area is 145 Å². The highest BCUT2D eigenvalue weighted by Crippen LogP contribution is 2.05. The topological polar surface area (TPSA) is 102 Å². The number of carbonyl (C=O) groups is 3. The lowest BCUT2D eigenvalue weighted by Gasteiger charge is -2.06. The van der Waals surface area contributed by atoms with Gasteiger partial charge in [-0.15, -0.1) is 0 Å². The van der Waals surface area contributed by atoms with Gasteiger partial charge < -0.3 is 10.1 Å². The average Bonchev–Trinajstić information content (AvgIpc) is 3.07. The van der Waals surface area contributed by atoms with Gasteiger partial charge in [0.2, 0.25) is 0 Å². The van der Waals surface area contributed by atoms with E-state index >= 15 is 0 Å². The molecule has 0 radical (unpaired) electrons. The van der Waals surface area contributed by atoms with Crippen molar-refractivity contribution >= 4 is 17.9 Å². The van der Waals surface area contributed by atoms with Crippen LogP contribution >= 0.6 is 0 Å². The number of nitrogens with one attached hydrogen (secondary N) is 2. The first-order chi connectivity index (χ1) is 12.1. The number of esters is 1. The van der Waals surface area contributed by atoms with Gasteiger partial charge in [0.1, 0.15) is 0 Å². The minimum absolute atomic E-state index is 0.235. The van der Waals surface area contributed by atoms with Crippen LogP contribution in [0.2, 0.25) is 0 Å². The third-order valence-corrected chi connectivity index (χ3v) is 3.18. The molecule has 25 heavy (non-hydrogen) atoms. The Balaban J connectivity index is 1.79. The first-order valence-electron chi connectivity index (χ1n) is 7.89. The van der Waals surface area contributed by atoms with Gasteiger partial charge in [-0.1, -0.05) is 37.3 Å². The van der Waals surface area contributed by atoms with E-state index < -0.39 is 24.5 Å². The van der Waals surface area contributed by atoms with Crippen molar-refractivity contribution in [3.05, 3.63) is 53.9 Å². The molecule has 3 amide bonds. The van der Waals surface area contributed by atoms with Crippen molar-refractivity contribution in [3.63, 3.8) is 0 Å². The molecule has 0 unspecified atom stereocenters. The normalized spacial score (nSPS) is 10.1. The smallest absolute Gasteiger partial charge is 0.341 e. The maximum atomic E-state index is 11.9. The third-order valence-electron chi connectivity index (χ3n) is 3.18. The lowest BCUT2D eigenvalue weighted by Crippen LogP contribution is -2.41. The summed E-state index contributed by atoms with van der Waals surface area (Å²) in [4.78, 5) is 34.8. The molecular weight excluding hydrogens is 324 g/mol. The second-order valence-corrected chi connectivity index (χ2v) is 5.29. The zero-order chi connectivity index (χ0) is 18.1. The highest BCUT2D eigenvalue weighted by Gasteiger charge is 2.14. The fourth-order valence-corrected chi connectivity index (χ4v) is 1.99. The number of imide groups is 1. The van der Waals surface area contributed by atoms with Gasteiger partial charge >= 0.3 is 12.0 Å². The van der Waals surface area contributed by atoms with Crippen molar-refractivity contribution in [2.45, 2.75) is 19.9 Å². The number of aromatic nitrogens is 2. The van der Waals surface area contributed by atoms with Gasteiger partial charge in [-0.25, -0.2) is 9.59 Å². The molecule has 1 aromatic carbocycles. The fraction of sp³-hybridized carbons (Fsp3) is 0.294. The zero-order valence-electron chi connectivity index (χ0n) is 13.9. The van der Waals surface area contributed by atoms with Crippen LogP contribution in [0.1, 0.15) is 29.3 Å². The van der Waals surface area contributed by atoms with E-state index in [0.29, 0.717) is 13.1 Å². The van der Waals surface area contributed by atoms with Crippen LogP contribution in [0.15, 0.2) is 42.7 Å². The van der Waals surface area contributed by atoms with Crippen LogP contribution in [-0.4, -0.2) is 40.8 Å². The Morgan fingerprint density at radius 1 is 1.20 bits per heavy atom. The number of rotatable bonds is 7. The fourth-order valence-electron chi connectivity index (χ4n) is 1.99. The summed E-state index contributed by atoms with van der Waals surface area (Å²) in [6.45, 7) is 2.33. The minimum Gasteiger partial charge on any atom is -0.452 e. The van der Waals surface area contributed by atoms with Crippen LogP contribution in [-0.2, 0) is 16.1 Å². The van der Waals surface area contributed by atoms with E-state index in [1.165, 1.54) is 6.20 Å². The summed E-state index contributed by atoms with van der Waals surface area (Å²) in [5.41, 5.74) is 1.28. The van der Waals surface area contributed by atoms with E-state index in [2.05, 4.69) is 15.7 Å². The molecule has 8 nitrogen and oxygen atoms in total. The maximum absolute atomic E-state index is 11.9. The molecule has 2 aromatic rings.